The van der Waals surface area contributed by atoms with E-state index in [2.05, 4.69) is 10.3 Å². The van der Waals surface area contributed by atoms with Crippen molar-refractivity contribution >= 4 is 38.5 Å². The number of ether oxygens (including phenoxy) is 1. The Morgan fingerprint density at radius 3 is 2.58 bits per heavy atom. The van der Waals surface area contributed by atoms with Gasteiger partial charge < -0.3 is 10.1 Å². The minimum atomic E-state index is -3.70. The first kappa shape index (κ1) is 25.5. The van der Waals surface area contributed by atoms with Crippen LogP contribution in [0.5, 0.6) is 0 Å². The average molecular weight is 513 g/mol. The van der Waals surface area contributed by atoms with Gasteiger partial charge in [0.15, 0.2) is 0 Å². The quantitative estimate of drug-likeness (QED) is 0.482. The van der Waals surface area contributed by atoms with Crippen LogP contribution in [0, 0.1) is 0 Å². The number of benzene rings is 2. The van der Waals surface area contributed by atoms with E-state index in [1.807, 2.05) is 6.92 Å². The first-order valence-electron chi connectivity index (χ1n) is 11.8. The number of carbonyl (C=O) groups excluding carboxylic acids is 2. The number of rotatable bonds is 7. The second-order valence-corrected chi connectivity index (χ2v) is 10.5. The molecule has 10 nitrogen and oxygen atoms in total. The van der Waals surface area contributed by atoms with Gasteiger partial charge in [-0.1, -0.05) is 6.42 Å². The van der Waals surface area contributed by atoms with Crippen LogP contribution in [-0.4, -0.2) is 53.3 Å². The zero-order chi connectivity index (χ0) is 25.9. The number of nitrogens with one attached hydrogen (secondary N) is 1. The van der Waals surface area contributed by atoms with Crippen LogP contribution in [0.15, 0.2) is 58.4 Å². The van der Waals surface area contributed by atoms with Crippen LogP contribution >= 0.6 is 0 Å². The molecule has 190 valence electrons. The van der Waals surface area contributed by atoms with Gasteiger partial charge in [-0.2, -0.15) is 4.31 Å². The Kier molecular flexibility index (Phi) is 7.51. The number of piperidine rings is 1. The van der Waals surface area contributed by atoms with E-state index < -0.39 is 27.6 Å². The van der Waals surface area contributed by atoms with Crippen LogP contribution in [0.1, 0.15) is 43.5 Å². The van der Waals surface area contributed by atoms with Gasteiger partial charge in [0.25, 0.3) is 0 Å². The van der Waals surface area contributed by atoms with Crippen molar-refractivity contribution in [3.63, 3.8) is 0 Å². The molecule has 11 heteroatoms. The summed E-state index contributed by atoms with van der Waals surface area (Å²) in [7, 11) is -3.70. The van der Waals surface area contributed by atoms with Gasteiger partial charge in [-0.25, -0.2) is 23.0 Å². The Bertz CT molecular complexity index is 1450. The number of carbonyl (C=O) groups is 2. The Labute approximate surface area is 208 Å². The molecule has 1 atom stereocenters. The molecule has 36 heavy (non-hydrogen) atoms. The number of aromatic nitrogens is 2. The van der Waals surface area contributed by atoms with Crippen LogP contribution in [0.2, 0.25) is 0 Å². The summed E-state index contributed by atoms with van der Waals surface area (Å²) in [6.45, 7) is 4.03. The Hall–Kier alpha value is -3.57. The summed E-state index contributed by atoms with van der Waals surface area (Å²) in [6, 6.07) is 10.6. The van der Waals surface area contributed by atoms with E-state index in [4.69, 9.17) is 4.74 Å². The molecule has 4 rings (SSSR count). The summed E-state index contributed by atoms with van der Waals surface area (Å²) >= 11 is 0. The molecule has 0 bridgehead atoms. The Morgan fingerprint density at radius 2 is 1.89 bits per heavy atom. The summed E-state index contributed by atoms with van der Waals surface area (Å²) in [5, 5.41) is 3.12. The Morgan fingerprint density at radius 1 is 1.14 bits per heavy atom. The summed E-state index contributed by atoms with van der Waals surface area (Å²) in [4.78, 5) is 40.9. The maximum atomic E-state index is 13.2. The maximum absolute atomic E-state index is 13.2. The van der Waals surface area contributed by atoms with E-state index in [1.165, 1.54) is 45.4 Å². The van der Waals surface area contributed by atoms with Crippen LogP contribution in [0.25, 0.3) is 10.9 Å². The number of hydrogen-bond donors (Lipinski definition) is 1. The van der Waals surface area contributed by atoms with Gasteiger partial charge in [0.05, 0.1) is 22.6 Å². The molecule has 2 heterocycles. The molecule has 1 saturated heterocycles. The second-order valence-electron chi connectivity index (χ2n) is 8.65. The van der Waals surface area contributed by atoms with Gasteiger partial charge in [0.1, 0.15) is 6.54 Å². The van der Waals surface area contributed by atoms with Crippen LogP contribution < -0.4 is 11.0 Å². The highest BCUT2D eigenvalue weighted by Crippen LogP contribution is 2.27. The van der Waals surface area contributed by atoms with E-state index in [1.54, 1.807) is 19.1 Å². The molecule has 0 aliphatic carbocycles. The highest BCUT2D eigenvalue weighted by Gasteiger charge is 2.31. The Balaban J connectivity index is 1.55. The van der Waals surface area contributed by atoms with Gasteiger partial charge in [-0.3, -0.25) is 9.36 Å². The molecule has 1 N–H and O–H groups in total. The molecule has 3 aromatic rings. The number of fused-ring (bicyclic) bond motifs is 1. The fourth-order valence-corrected chi connectivity index (χ4v) is 6.04. The standard InChI is InChI=1S/C25H28N4O6S/c1-3-35-24(31)18-7-9-20(10-8-18)27-23(30)16-28-22-12-11-21(14-19(22)15-26-25(28)32)36(33,34)29-13-5-4-6-17(29)2/h7-12,14-15,17H,3-6,13,16H2,1-2H3,(H,27,30)/t17-/m0/s1. The van der Waals surface area contributed by atoms with Crippen molar-refractivity contribution in [2.75, 3.05) is 18.5 Å². The third-order valence-corrected chi connectivity index (χ3v) is 8.17. The van der Waals surface area contributed by atoms with Gasteiger partial charge >= 0.3 is 11.7 Å². The fourth-order valence-electron chi connectivity index (χ4n) is 4.31. The zero-order valence-electron chi connectivity index (χ0n) is 20.1. The normalized spacial score (nSPS) is 16.6. The fraction of sp³-hybridized carbons (Fsp3) is 0.360. The monoisotopic (exact) mass is 512 g/mol. The van der Waals surface area contributed by atoms with E-state index >= 15 is 0 Å². The van der Waals surface area contributed by atoms with E-state index in [9.17, 15) is 22.8 Å². The zero-order valence-corrected chi connectivity index (χ0v) is 21.0. The highest BCUT2D eigenvalue weighted by atomic mass is 32.2. The van der Waals surface area contributed by atoms with Crippen LogP contribution in [0.4, 0.5) is 5.69 Å². The van der Waals surface area contributed by atoms with Crippen molar-refractivity contribution < 1.29 is 22.7 Å². The number of nitrogens with zero attached hydrogens (tertiary/aromatic N) is 3. The van der Waals surface area contributed by atoms with Crippen LogP contribution in [0.3, 0.4) is 0 Å². The molecular weight excluding hydrogens is 484 g/mol. The van der Waals surface area contributed by atoms with Crippen molar-refractivity contribution in [2.45, 2.75) is 50.6 Å². The number of esters is 1. The lowest BCUT2D eigenvalue weighted by Crippen LogP contribution is -2.41. The topological polar surface area (TPSA) is 128 Å². The lowest BCUT2D eigenvalue weighted by molar-refractivity contribution is -0.116. The molecular formula is C25H28N4O6S. The molecule has 1 aliphatic rings. The molecule has 0 radical (unpaired) electrons. The first-order chi connectivity index (χ1) is 17.2. The van der Waals surface area contributed by atoms with E-state index in [-0.39, 0.29) is 24.1 Å². The van der Waals surface area contributed by atoms with E-state index in [0.29, 0.717) is 28.7 Å². The summed E-state index contributed by atoms with van der Waals surface area (Å²) in [5.41, 5.74) is 0.566. The third kappa shape index (κ3) is 5.31. The van der Waals surface area contributed by atoms with Crippen molar-refractivity contribution in [3.05, 3.63) is 64.7 Å². The maximum Gasteiger partial charge on any atom is 0.348 e. The smallest absolute Gasteiger partial charge is 0.348 e. The first-order valence-corrected chi connectivity index (χ1v) is 13.2. The number of hydrogen-bond acceptors (Lipinski definition) is 7. The average Bonchev–Trinajstić information content (AvgIpc) is 2.86. The largest absolute Gasteiger partial charge is 0.462 e. The molecule has 2 aromatic carbocycles. The lowest BCUT2D eigenvalue weighted by Gasteiger charge is -2.32. The molecule has 0 spiro atoms. The molecule has 1 fully saturated rings. The third-order valence-electron chi connectivity index (χ3n) is 6.16. The minimum Gasteiger partial charge on any atom is -0.462 e. The molecule has 1 amide bonds. The van der Waals surface area contributed by atoms with Crippen molar-refractivity contribution in [3.8, 4) is 0 Å². The van der Waals surface area contributed by atoms with Gasteiger partial charge in [-0.15, -0.1) is 0 Å². The highest BCUT2D eigenvalue weighted by molar-refractivity contribution is 7.89. The number of anilines is 1. The minimum absolute atomic E-state index is 0.0819. The predicted molar refractivity (Wildman–Crippen MR) is 134 cm³/mol. The summed E-state index contributed by atoms with van der Waals surface area (Å²) in [6.07, 6.45) is 3.95. The van der Waals surface area contributed by atoms with Gasteiger partial charge in [0.2, 0.25) is 15.9 Å². The van der Waals surface area contributed by atoms with Crippen molar-refractivity contribution in [1.82, 2.24) is 13.9 Å². The van der Waals surface area contributed by atoms with Gasteiger partial charge in [-0.05, 0) is 69.2 Å². The lowest BCUT2D eigenvalue weighted by atomic mass is 10.1. The van der Waals surface area contributed by atoms with E-state index in [0.717, 1.165) is 19.3 Å². The van der Waals surface area contributed by atoms with Gasteiger partial charge in [0, 0.05) is 29.9 Å². The second kappa shape index (κ2) is 10.6. The SMILES string of the molecule is CCOC(=O)c1ccc(NC(=O)Cn2c(=O)ncc3cc(S(=O)(=O)N4CCCC[C@@H]4C)ccc32)cc1. The predicted octanol–water partition coefficient (Wildman–Crippen LogP) is 2.78. The molecule has 0 saturated carbocycles. The number of sulfonamides is 1. The molecule has 0 unspecified atom stereocenters. The van der Waals surface area contributed by atoms with Crippen molar-refractivity contribution in [1.29, 1.82) is 0 Å². The molecule has 1 aromatic heterocycles. The van der Waals surface area contributed by atoms with Crippen LogP contribution in [-0.2, 0) is 26.1 Å². The molecule has 1 aliphatic heterocycles. The summed E-state index contributed by atoms with van der Waals surface area (Å²) in [5.74, 6) is -0.936. The summed E-state index contributed by atoms with van der Waals surface area (Å²) < 4.78 is 34.1. The van der Waals surface area contributed by atoms with Crippen molar-refractivity contribution in [2.24, 2.45) is 0 Å². The number of amides is 1.